The van der Waals surface area contributed by atoms with Crippen LogP contribution >= 0.6 is 0 Å². The molecule has 166 valence electrons. The number of hydrogen-bond acceptors (Lipinski definition) is 6. The molecule has 2 saturated heterocycles. The Kier molecular flexibility index (Phi) is 6.33. The Hall–Kier alpha value is -2.78. The van der Waals surface area contributed by atoms with Crippen molar-refractivity contribution in [1.29, 1.82) is 0 Å². The van der Waals surface area contributed by atoms with Gasteiger partial charge in [0, 0.05) is 52.2 Å². The fraction of sp³-hybridized carbons (Fsp3) is 0.545. The Morgan fingerprint density at radius 2 is 1.74 bits per heavy atom. The molecule has 1 N–H and O–H groups in total. The number of benzene rings is 1. The molecule has 2 atom stereocenters. The molecule has 9 nitrogen and oxygen atoms in total. The summed E-state index contributed by atoms with van der Waals surface area (Å²) in [5.41, 5.74) is 0.386. The largest absolute Gasteiger partial charge is 0.391 e. The zero-order chi connectivity index (χ0) is 22.0. The van der Waals surface area contributed by atoms with Gasteiger partial charge in [-0.3, -0.25) is 23.9 Å². The summed E-state index contributed by atoms with van der Waals surface area (Å²) in [5, 5.41) is 11.2. The summed E-state index contributed by atoms with van der Waals surface area (Å²) < 4.78 is 1.35. The summed E-state index contributed by atoms with van der Waals surface area (Å²) in [5.74, 6) is -0.0651. The third-order valence-electron chi connectivity index (χ3n) is 6.45. The summed E-state index contributed by atoms with van der Waals surface area (Å²) in [6.45, 7) is 5.30. The highest BCUT2D eigenvalue weighted by atomic mass is 16.3. The van der Waals surface area contributed by atoms with Gasteiger partial charge in [0.25, 0.3) is 5.56 Å². The van der Waals surface area contributed by atoms with Gasteiger partial charge in [-0.2, -0.15) is 0 Å². The van der Waals surface area contributed by atoms with Gasteiger partial charge in [0.2, 0.25) is 11.8 Å². The molecule has 0 bridgehead atoms. The molecule has 2 aromatic rings. The van der Waals surface area contributed by atoms with E-state index in [9.17, 15) is 19.5 Å². The van der Waals surface area contributed by atoms with Crippen LogP contribution in [-0.2, 0) is 16.1 Å². The maximum Gasteiger partial charge on any atom is 0.261 e. The number of carbonyl (C=O) groups excluding carboxylic acids is 2. The van der Waals surface area contributed by atoms with Crippen molar-refractivity contribution >= 4 is 22.7 Å². The fourth-order valence-corrected chi connectivity index (χ4v) is 4.58. The Morgan fingerprint density at radius 3 is 2.48 bits per heavy atom. The molecule has 2 fully saturated rings. The second-order valence-corrected chi connectivity index (χ2v) is 8.33. The van der Waals surface area contributed by atoms with Crippen molar-refractivity contribution in [1.82, 2.24) is 24.3 Å². The third-order valence-corrected chi connectivity index (χ3v) is 6.45. The highest BCUT2D eigenvalue weighted by Crippen LogP contribution is 2.20. The Labute approximate surface area is 180 Å². The van der Waals surface area contributed by atoms with Crippen molar-refractivity contribution < 1.29 is 14.7 Å². The van der Waals surface area contributed by atoms with Crippen LogP contribution in [-0.4, -0.2) is 92.6 Å². The summed E-state index contributed by atoms with van der Waals surface area (Å²) in [6.07, 6.45) is 2.06. The number of para-hydroxylation sites is 1. The van der Waals surface area contributed by atoms with Crippen LogP contribution in [0.3, 0.4) is 0 Å². The molecule has 2 aliphatic heterocycles. The standard InChI is InChI=1S/C22H29N5O4/c1-16(28)24-10-12-25(13-11-24)19-6-8-26(9-7-20(19)29)21(30)14-27-15-23-18-5-3-2-4-17(18)22(27)31/h2-5,15,19-20,29H,6-14H2,1H3/t19-,20-/m0/s1. The van der Waals surface area contributed by atoms with Crippen molar-refractivity contribution in [3.63, 3.8) is 0 Å². The van der Waals surface area contributed by atoms with E-state index in [1.807, 2.05) is 11.0 Å². The number of fused-ring (bicyclic) bond motifs is 1. The van der Waals surface area contributed by atoms with Crippen molar-refractivity contribution in [2.45, 2.75) is 38.5 Å². The van der Waals surface area contributed by atoms with Crippen LogP contribution in [0.25, 0.3) is 10.9 Å². The quantitative estimate of drug-likeness (QED) is 0.735. The van der Waals surface area contributed by atoms with E-state index in [4.69, 9.17) is 0 Å². The minimum Gasteiger partial charge on any atom is -0.391 e. The van der Waals surface area contributed by atoms with Gasteiger partial charge in [0.1, 0.15) is 6.54 Å². The lowest BCUT2D eigenvalue weighted by Crippen LogP contribution is -2.54. The van der Waals surface area contributed by atoms with Crippen molar-refractivity contribution in [3.05, 3.63) is 40.9 Å². The summed E-state index contributed by atoms with van der Waals surface area (Å²) in [6, 6.07) is 7.06. The Morgan fingerprint density at radius 1 is 1.03 bits per heavy atom. The molecule has 9 heteroatoms. The first-order valence-electron chi connectivity index (χ1n) is 10.8. The number of piperazine rings is 1. The highest BCUT2D eigenvalue weighted by molar-refractivity contribution is 5.79. The van der Waals surface area contributed by atoms with E-state index in [1.165, 1.54) is 10.9 Å². The van der Waals surface area contributed by atoms with E-state index >= 15 is 0 Å². The molecule has 2 amide bonds. The summed E-state index contributed by atoms with van der Waals surface area (Å²) in [7, 11) is 0. The lowest BCUT2D eigenvalue weighted by atomic mass is 10.0. The number of aliphatic hydroxyl groups excluding tert-OH is 1. The first-order chi connectivity index (χ1) is 14.9. The number of aromatic nitrogens is 2. The zero-order valence-electron chi connectivity index (χ0n) is 17.8. The predicted octanol–water partition coefficient (Wildman–Crippen LogP) is -0.0875. The summed E-state index contributed by atoms with van der Waals surface area (Å²) >= 11 is 0. The van der Waals surface area contributed by atoms with Crippen LogP contribution in [0, 0.1) is 0 Å². The number of amides is 2. The molecule has 1 aromatic heterocycles. The number of aliphatic hydroxyl groups is 1. The lowest BCUT2D eigenvalue weighted by molar-refractivity contribution is -0.132. The molecule has 31 heavy (non-hydrogen) atoms. The van der Waals surface area contributed by atoms with Crippen molar-refractivity contribution in [2.75, 3.05) is 39.3 Å². The van der Waals surface area contributed by atoms with Gasteiger partial charge in [-0.15, -0.1) is 0 Å². The highest BCUT2D eigenvalue weighted by Gasteiger charge is 2.33. The van der Waals surface area contributed by atoms with Crippen LogP contribution < -0.4 is 5.56 Å². The van der Waals surface area contributed by atoms with Crippen molar-refractivity contribution in [3.8, 4) is 0 Å². The molecule has 2 aliphatic rings. The summed E-state index contributed by atoms with van der Waals surface area (Å²) in [4.78, 5) is 47.2. The maximum absolute atomic E-state index is 12.9. The van der Waals surface area contributed by atoms with E-state index < -0.39 is 6.10 Å². The topological polar surface area (TPSA) is 99.0 Å². The normalized spacial score (nSPS) is 23.0. The van der Waals surface area contributed by atoms with Crippen LogP contribution in [0.2, 0.25) is 0 Å². The number of rotatable bonds is 3. The van der Waals surface area contributed by atoms with Gasteiger partial charge in [-0.05, 0) is 25.0 Å². The van der Waals surface area contributed by atoms with Crippen LogP contribution in [0.5, 0.6) is 0 Å². The average molecular weight is 428 g/mol. The number of carbonyl (C=O) groups is 2. The first kappa shape index (κ1) is 21.5. The minimum atomic E-state index is -0.522. The van der Waals surface area contributed by atoms with Gasteiger partial charge < -0.3 is 14.9 Å². The Balaban J connectivity index is 1.39. The van der Waals surface area contributed by atoms with Crippen LogP contribution in [0.1, 0.15) is 19.8 Å². The molecule has 0 radical (unpaired) electrons. The van der Waals surface area contributed by atoms with E-state index in [0.29, 0.717) is 49.9 Å². The fourth-order valence-electron chi connectivity index (χ4n) is 4.58. The van der Waals surface area contributed by atoms with Gasteiger partial charge >= 0.3 is 0 Å². The molecule has 0 aliphatic carbocycles. The number of nitrogens with zero attached hydrogens (tertiary/aromatic N) is 5. The second kappa shape index (κ2) is 9.15. The van der Waals surface area contributed by atoms with Gasteiger partial charge in [0.15, 0.2) is 0 Å². The van der Waals surface area contributed by atoms with E-state index in [0.717, 1.165) is 13.1 Å². The second-order valence-electron chi connectivity index (χ2n) is 8.33. The molecule has 0 unspecified atom stereocenters. The molecule has 3 heterocycles. The lowest BCUT2D eigenvalue weighted by Gasteiger charge is -2.40. The SMILES string of the molecule is CC(=O)N1CCN([C@H]2CCN(C(=O)Cn3cnc4ccccc4c3=O)CC[C@@H]2O)CC1. The predicted molar refractivity (Wildman–Crippen MR) is 115 cm³/mol. The number of hydrogen-bond donors (Lipinski definition) is 1. The molecule has 0 spiro atoms. The van der Waals surface area contributed by atoms with Crippen LogP contribution in [0.4, 0.5) is 0 Å². The van der Waals surface area contributed by atoms with E-state index in [1.54, 1.807) is 30.0 Å². The van der Waals surface area contributed by atoms with Gasteiger partial charge in [0.05, 0.1) is 23.3 Å². The molecule has 0 saturated carbocycles. The molecule has 1 aromatic carbocycles. The minimum absolute atomic E-state index is 0.0306. The molecular formula is C22H29N5O4. The monoisotopic (exact) mass is 427 g/mol. The number of likely N-dealkylation sites (tertiary alicyclic amines) is 1. The van der Waals surface area contributed by atoms with Gasteiger partial charge in [-0.1, -0.05) is 12.1 Å². The van der Waals surface area contributed by atoms with E-state index in [-0.39, 0.29) is 30.0 Å². The van der Waals surface area contributed by atoms with Crippen molar-refractivity contribution in [2.24, 2.45) is 0 Å². The van der Waals surface area contributed by atoms with Crippen LogP contribution in [0.15, 0.2) is 35.4 Å². The first-order valence-corrected chi connectivity index (χ1v) is 10.8. The third kappa shape index (κ3) is 4.62. The van der Waals surface area contributed by atoms with Gasteiger partial charge in [-0.25, -0.2) is 4.98 Å². The molecular weight excluding hydrogens is 398 g/mol. The smallest absolute Gasteiger partial charge is 0.261 e. The van der Waals surface area contributed by atoms with E-state index in [2.05, 4.69) is 9.88 Å². The molecule has 4 rings (SSSR count). The maximum atomic E-state index is 12.9. The zero-order valence-corrected chi connectivity index (χ0v) is 17.8. The average Bonchev–Trinajstić information content (AvgIpc) is 2.97. The Bertz CT molecular complexity index is 1010.